The maximum absolute atomic E-state index is 9.30. The summed E-state index contributed by atoms with van der Waals surface area (Å²) in [7, 11) is 0. The molecule has 1 rings (SSSR count). The Kier molecular flexibility index (Phi) is 6.25. The molecule has 0 saturated heterocycles. The molecule has 0 radical (unpaired) electrons. The second-order valence-corrected chi connectivity index (χ2v) is 4.80. The SMILES string of the molecule is C[C@H](O)[C@H](N)c1cc(Br)cc(Br)c1.Cl. The van der Waals surface area contributed by atoms with E-state index in [4.69, 9.17) is 5.73 Å². The van der Waals surface area contributed by atoms with Gasteiger partial charge in [-0.15, -0.1) is 12.4 Å². The number of benzene rings is 1. The van der Waals surface area contributed by atoms with Crippen LogP contribution < -0.4 is 5.73 Å². The minimum Gasteiger partial charge on any atom is -0.391 e. The lowest BCUT2D eigenvalue weighted by Crippen LogP contribution is -2.23. The zero-order valence-corrected chi connectivity index (χ0v) is 11.6. The van der Waals surface area contributed by atoms with Crippen molar-refractivity contribution in [3.63, 3.8) is 0 Å². The van der Waals surface area contributed by atoms with Crippen molar-refractivity contribution in [1.82, 2.24) is 0 Å². The number of nitrogens with two attached hydrogens (primary N) is 1. The molecule has 0 aromatic heterocycles. The van der Waals surface area contributed by atoms with Gasteiger partial charge in [0, 0.05) is 8.95 Å². The topological polar surface area (TPSA) is 46.2 Å². The van der Waals surface area contributed by atoms with Crippen molar-refractivity contribution in [1.29, 1.82) is 0 Å². The summed E-state index contributed by atoms with van der Waals surface area (Å²) >= 11 is 6.73. The van der Waals surface area contributed by atoms with Crippen LogP contribution in [0.15, 0.2) is 27.1 Å². The summed E-state index contributed by atoms with van der Waals surface area (Å²) in [5.41, 5.74) is 6.70. The van der Waals surface area contributed by atoms with Crippen LogP contribution >= 0.6 is 44.3 Å². The minimum absolute atomic E-state index is 0. The molecule has 14 heavy (non-hydrogen) atoms. The Labute approximate surface area is 107 Å². The molecule has 0 saturated carbocycles. The molecule has 1 aromatic rings. The van der Waals surface area contributed by atoms with E-state index in [1.54, 1.807) is 6.92 Å². The summed E-state index contributed by atoms with van der Waals surface area (Å²) in [5, 5.41) is 9.30. The van der Waals surface area contributed by atoms with Crippen LogP contribution in [0, 0.1) is 0 Å². The van der Waals surface area contributed by atoms with Gasteiger partial charge in [0.05, 0.1) is 12.1 Å². The molecule has 5 heteroatoms. The molecule has 0 heterocycles. The maximum atomic E-state index is 9.30. The largest absolute Gasteiger partial charge is 0.391 e. The fourth-order valence-corrected chi connectivity index (χ4v) is 2.38. The second-order valence-electron chi connectivity index (χ2n) is 2.97. The van der Waals surface area contributed by atoms with Gasteiger partial charge in [0.25, 0.3) is 0 Å². The van der Waals surface area contributed by atoms with Crippen LogP contribution in [0.4, 0.5) is 0 Å². The molecule has 2 atom stereocenters. The van der Waals surface area contributed by atoms with E-state index in [1.165, 1.54) is 0 Å². The zero-order chi connectivity index (χ0) is 10.0. The fourth-order valence-electron chi connectivity index (χ4n) is 1.05. The quantitative estimate of drug-likeness (QED) is 0.865. The van der Waals surface area contributed by atoms with Crippen molar-refractivity contribution >= 4 is 44.3 Å². The van der Waals surface area contributed by atoms with Crippen LogP contribution in [0.25, 0.3) is 0 Å². The molecule has 0 fully saturated rings. The summed E-state index contributed by atoms with van der Waals surface area (Å²) in [6.45, 7) is 1.68. The molecule has 0 unspecified atom stereocenters. The van der Waals surface area contributed by atoms with Gasteiger partial charge in [-0.3, -0.25) is 0 Å². The standard InChI is InChI=1S/C9H11Br2NO.ClH/c1-5(13)9(12)6-2-7(10)4-8(11)3-6;/h2-5,9,13H,12H2,1H3;1H/t5-,9-;/m0./s1. The highest BCUT2D eigenvalue weighted by atomic mass is 79.9. The number of aliphatic hydroxyl groups is 1. The molecule has 0 aliphatic heterocycles. The van der Waals surface area contributed by atoms with Crippen LogP contribution in [0.2, 0.25) is 0 Å². The van der Waals surface area contributed by atoms with Crippen molar-refractivity contribution < 1.29 is 5.11 Å². The first kappa shape index (κ1) is 14.4. The van der Waals surface area contributed by atoms with Crippen LogP contribution in [-0.2, 0) is 0 Å². The molecule has 0 aliphatic rings. The first-order valence-corrected chi connectivity index (χ1v) is 5.49. The lowest BCUT2D eigenvalue weighted by Gasteiger charge is -2.15. The van der Waals surface area contributed by atoms with Gasteiger partial charge in [-0.1, -0.05) is 31.9 Å². The van der Waals surface area contributed by atoms with Gasteiger partial charge in [-0.05, 0) is 30.7 Å². The summed E-state index contributed by atoms with van der Waals surface area (Å²) < 4.78 is 1.90. The van der Waals surface area contributed by atoms with Gasteiger partial charge < -0.3 is 10.8 Å². The van der Waals surface area contributed by atoms with Crippen LogP contribution in [0.1, 0.15) is 18.5 Å². The highest BCUT2D eigenvalue weighted by Gasteiger charge is 2.12. The summed E-state index contributed by atoms with van der Waals surface area (Å²) in [4.78, 5) is 0. The van der Waals surface area contributed by atoms with Crippen molar-refractivity contribution in [3.8, 4) is 0 Å². The van der Waals surface area contributed by atoms with E-state index in [0.717, 1.165) is 14.5 Å². The van der Waals surface area contributed by atoms with Crippen LogP contribution in [0.3, 0.4) is 0 Å². The Balaban J connectivity index is 0.00000169. The van der Waals surface area contributed by atoms with Gasteiger partial charge in [-0.2, -0.15) is 0 Å². The maximum Gasteiger partial charge on any atom is 0.0704 e. The van der Waals surface area contributed by atoms with E-state index in [2.05, 4.69) is 31.9 Å². The predicted molar refractivity (Wildman–Crippen MR) is 67.7 cm³/mol. The highest BCUT2D eigenvalue weighted by molar-refractivity contribution is 9.11. The third kappa shape index (κ3) is 3.87. The van der Waals surface area contributed by atoms with E-state index in [-0.39, 0.29) is 18.4 Å². The Bertz CT molecular complexity index is 287. The second kappa shape index (κ2) is 6.08. The minimum atomic E-state index is -0.541. The first-order chi connectivity index (χ1) is 6.00. The van der Waals surface area contributed by atoms with Gasteiger partial charge in [-0.25, -0.2) is 0 Å². The molecule has 3 N–H and O–H groups in total. The number of aliphatic hydroxyl groups excluding tert-OH is 1. The molecule has 0 bridgehead atoms. The Morgan fingerprint density at radius 2 is 1.64 bits per heavy atom. The van der Waals surface area contributed by atoms with Crippen LogP contribution in [-0.4, -0.2) is 11.2 Å². The van der Waals surface area contributed by atoms with Gasteiger partial charge in [0.15, 0.2) is 0 Å². The molecular formula is C9H12Br2ClNO. The molecule has 0 aliphatic carbocycles. The summed E-state index contributed by atoms with van der Waals surface area (Å²) in [6, 6.07) is 5.40. The smallest absolute Gasteiger partial charge is 0.0704 e. The lowest BCUT2D eigenvalue weighted by atomic mass is 10.0. The average Bonchev–Trinajstić information content (AvgIpc) is 2.01. The predicted octanol–water partition coefficient (Wildman–Crippen LogP) is 3.01. The van der Waals surface area contributed by atoms with Gasteiger partial charge in [0.1, 0.15) is 0 Å². The Morgan fingerprint density at radius 1 is 1.21 bits per heavy atom. The van der Waals surface area contributed by atoms with Gasteiger partial charge >= 0.3 is 0 Å². The van der Waals surface area contributed by atoms with E-state index < -0.39 is 6.10 Å². The van der Waals surface area contributed by atoms with Crippen molar-refractivity contribution in [2.24, 2.45) is 5.73 Å². The Morgan fingerprint density at radius 3 is 2.00 bits per heavy atom. The zero-order valence-electron chi connectivity index (χ0n) is 7.58. The normalized spacial score (nSPS) is 14.4. The van der Waals surface area contributed by atoms with Crippen molar-refractivity contribution in [2.45, 2.75) is 19.1 Å². The number of halogens is 3. The van der Waals surface area contributed by atoms with E-state index in [0.29, 0.717) is 0 Å². The summed E-state index contributed by atoms with van der Waals surface area (Å²) in [6.07, 6.45) is -0.541. The van der Waals surface area contributed by atoms with E-state index >= 15 is 0 Å². The van der Waals surface area contributed by atoms with E-state index in [1.807, 2.05) is 18.2 Å². The molecule has 0 spiro atoms. The third-order valence-corrected chi connectivity index (χ3v) is 2.71. The lowest BCUT2D eigenvalue weighted by molar-refractivity contribution is 0.164. The monoisotopic (exact) mass is 343 g/mol. The molecule has 0 amide bonds. The third-order valence-electron chi connectivity index (χ3n) is 1.79. The fraction of sp³-hybridized carbons (Fsp3) is 0.333. The van der Waals surface area contributed by atoms with Crippen molar-refractivity contribution in [2.75, 3.05) is 0 Å². The Hall–Kier alpha value is 0.390. The number of rotatable bonds is 2. The van der Waals surface area contributed by atoms with E-state index in [9.17, 15) is 5.11 Å². The average molecular weight is 345 g/mol. The molecule has 80 valence electrons. The molecule has 2 nitrogen and oxygen atoms in total. The van der Waals surface area contributed by atoms with Crippen LogP contribution in [0.5, 0.6) is 0 Å². The number of hydrogen-bond acceptors (Lipinski definition) is 2. The summed E-state index contributed by atoms with van der Waals surface area (Å²) in [5.74, 6) is 0. The highest BCUT2D eigenvalue weighted by Crippen LogP contribution is 2.24. The van der Waals surface area contributed by atoms with Gasteiger partial charge in [0.2, 0.25) is 0 Å². The number of hydrogen-bond donors (Lipinski definition) is 2. The molecule has 1 aromatic carbocycles. The molecular weight excluding hydrogens is 333 g/mol. The first-order valence-electron chi connectivity index (χ1n) is 3.90. The van der Waals surface area contributed by atoms with Crippen molar-refractivity contribution in [3.05, 3.63) is 32.7 Å².